The van der Waals surface area contributed by atoms with Crippen molar-refractivity contribution >= 4 is 22.7 Å². The maximum Gasteiger partial charge on any atom is 0.252 e. The van der Waals surface area contributed by atoms with Gasteiger partial charge < -0.3 is 10.6 Å². The van der Waals surface area contributed by atoms with Crippen LogP contribution in [0.25, 0.3) is 10.9 Å². The third-order valence-electron chi connectivity index (χ3n) is 3.26. The van der Waals surface area contributed by atoms with Gasteiger partial charge in [0.1, 0.15) is 0 Å². The zero-order chi connectivity index (χ0) is 15.4. The second-order valence-corrected chi connectivity index (χ2v) is 5.45. The number of nitrogens with one attached hydrogen (secondary N) is 3. The number of hydrogen-bond donors (Lipinski definition) is 3. The van der Waals surface area contributed by atoms with Gasteiger partial charge >= 0.3 is 0 Å². The van der Waals surface area contributed by atoms with Crippen molar-refractivity contribution in [1.82, 2.24) is 20.8 Å². The molecule has 0 atom stereocenters. The van der Waals surface area contributed by atoms with Crippen LogP contribution in [0.3, 0.4) is 0 Å². The van der Waals surface area contributed by atoms with E-state index in [1.54, 1.807) is 12.3 Å². The molecule has 0 aliphatic rings. The van der Waals surface area contributed by atoms with Gasteiger partial charge in [0.15, 0.2) is 0 Å². The summed E-state index contributed by atoms with van der Waals surface area (Å²) in [5.41, 5.74) is 2.29. The predicted octanol–water partition coefficient (Wildman–Crippen LogP) is 1.37. The fourth-order valence-corrected chi connectivity index (χ4v) is 2.04. The number of fused-ring (bicyclic) bond motifs is 1. The van der Waals surface area contributed by atoms with Gasteiger partial charge in [-0.2, -0.15) is 5.10 Å². The third kappa shape index (κ3) is 3.59. The molecule has 0 spiro atoms. The fraction of sp³-hybridized carbons (Fsp3) is 0.400. The summed E-state index contributed by atoms with van der Waals surface area (Å²) in [6.45, 7) is 6.49. The van der Waals surface area contributed by atoms with Crippen LogP contribution in [0, 0.1) is 12.8 Å². The monoisotopic (exact) mass is 288 g/mol. The Kier molecular flexibility index (Phi) is 4.57. The molecule has 0 saturated carbocycles. The van der Waals surface area contributed by atoms with E-state index in [-0.39, 0.29) is 18.4 Å². The first-order chi connectivity index (χ1) is 9.99. The van der Waals surface area contributed by atoms with Gasteiger partial charge in [0, 0.05) is 17.5 Å². The van der Waals surface area contributed by atoms with Crippen molar-refractivity contribution in [2.45, 2.75) is 20.8 Å². The molecular weight excluding hydrogens is 268 g/mol. The molecule has 2 amide bonds. The summed E-state index contributed by atoms with van der Waals surface area (Å²) in [6.07, 6.45) is 1.69. The molecule has 0 fully saturated rings. The van der Waals surface area contributed by atoms with Crippen LogP contribution >= 0.6 is 0 Å². The second-order valence-electron chi connectivity index (χ2n) is 5.45. The van der Waals surface area contributed by atoms with Crippen LogP contribution < -0.4 is 10.6 Å². The van der Waals surface area contributed by atoms with Crippen molar-refractivity contribution < 1.29 is 9.59 Å². The van der Waals surface area contributed by atoms with Crippen molar-refractivity contribution in [3.8, 4) is 0 Å². The number of carbonyl (C=O) groups excluding carboxylic acids is 2. The van der Waals surface area contributed by atoms with Gasteiger partial charge in [-0.15, -0.1) is 0 Å². The minimum Gasteiger partial charge on any atom is -0.354 e. The summed E-state index contributed by atoms with van der Waals surface area (Å²) >= 11 is 0. The van der Waals surface area contributed by atoms with Gasteiger partial charge in [0.25, 0.3) is 5.91 Å². The molecule has 0 radical (unpaired) electrons. The number of H-pyrrole nitrogens is 1. The molecule has 0 aliphatic heterocycles. The van der Waals surface area contributed by atoms with Crippen LogP contribution in [0.4, 0.5) is 0 Å². The van der Waals surface area contributed by atoms with E-state index in [4.69, 9.17) is 0 Å². The van der Waals surface area contributed by atoms with Crippen LogP contribution in [0.5, 0.6) is 0 Å². The second kappa shape index (κ2) is 6.39. The Labute approximate surface area is 123 Å². The first kappa shape index (κ1) is 15.0. The van der Waals surface area contributed by atoms with Crippen molar-refractivity contribution in [3.63, 3.8) is 0 Å². The number of nitrogens with zero attached hydrogens (tertiary/aromatic N) is 1. The Morgan fingerprint density at radius 1 is 1.29 bits per heavy atom. The van der Waals surface area contributed by atoms with Crippen LogP contribution in [0.15, 0.2) is 18.3 Å². The summed E-state index contributed by atoms with van der Waals surface area (Å²) in [7, 11) is 0. The molecule has 1 aromatic carbocycles. The molecular formula is C15H20N4O2. The summed E-state index contributed by atoms with van der Waals surface area (Å²) in [5.74, 6) is -0.0511. The molecule has 0 aliphatic carbocycles. The maximum atomic E-state index is 12.2. The maximum absolute atomic E-state index is 12.2. The predicted molar refractivity (Wildman–Crippen MR) is 81.0 cm³/mol. The van der Waals surface area contributed by atoms with Crippen molar-refractivity contribution in [2.24, 2.45) is 5.92 Å². The van der Waals surface area contributed by atoms with E-state index >= 15 is 0 Å². The SMILES string of the molecule is Cc1c(C(=O)NCC(=O)NCC(C)C)ccc2[nH]ncc12. The van der Waals surface area contributed by atoms with Crippen LogP contribution in [-0.4, -0.2) is 35.1 Å². The molecule has 2 rings (SSSR count). The van der Waals surface area contributed by atoms with Gasteiger partial charge in [0.2, 0.25) is 5.91 Å². The number of aryl methyl sites for hydroxylation is 1. The van der Waals surface area contributed by atoms with E-state index in [0.29, 0.717) is 18.0 Å². The lowest BCUT2D eigenvalue weighted by atomic mass is 10.0. The summed E-state index contributed by atoms with van der Waals surface area (Å²) in [5, 5.41) is 13.1. The van der Waals surface area contributed by atoms with Gasteiger partial charge in [-0.05, 0) is 30.5 Å². The molecule has 0 saturated heterocycles. The minimum atomic E-state index is -0.254. The van der Waals surface area contributed by atoms with Gasteiger partial charge in [-0.25, -0.2) is 0 Å². The van der Waals surface area contributed by atoms with Crippen LogP contribution in [0.1, 0.15) is 29.8 Å². The Morgan fingerprint density at radius 3 is 2.76 bits per heavy atom. The van der Waals surface area contributed by atoms with E-state index < -0.39 is 0 Å². The standard InChI is InChI=1S/C15H20N4O2/c1-9(2)6-16-14(20)8-17-15(21)11-4-5-13-12(10(11)3)7-18-19-13/h4-5,7,9H,6,8H2,1-3H3,(H,16,20)(H,17,21)(H,18,19). The van der Waals surface area contributed by atoms with Crippen molar-refractivity contribution in [2.75, 3.05) is 13.1 Å². The van der Waals surface area contributed by atoms with Gasteiger partial charge in [-0.1, -0.05) is 13.8 Å². The average molecular weight is 288 g/mol. The first-order valence-electron chi connectivity index (χ1n) is 6.96. The zero-order valence-corrected chi connectivity index (χ0v) is 12.5. The lowest BCUT2D eigenvalue weighted by molar-refractivity contribution is -0.120. The summed E-state index contributed by atoms with van der Waals surface area (Å²) in [4.78, 5) is 23.8. The molecule has 21 heavy (non-hydrogen) atoms. The Bertz CT molecular complexity index is 661. The largest absolute Gasteiger partial charge is 0.354 e. The highest BCUT2D eigenvalue weighted by atomic mass is 16.2. The average Bonchev–Trinajstić information content (AvgIpc) is 2.92. The molecule has 6 nitrogen and oxygen atoms in total. The molecule has 3 N–H and O–H groups in total. The van der Waals surface area contributed by atoms with E-state index in [1.807, 2.05) is 26.8 Å². The Hall–Kier alpha value is -2.37. The third-order valence-corrected chi connectivity index (χ3v) is 3.26. The molecule has 1 heterocycles. The molecule has 0 bridgehead atoms. The topological polar surface area (TPSA) is 86.9 Å². The Morgan fingerprint density at radius 2 is 2.05 bits per heavy atom. The summed E-state index contributed by atoms with van der Waals surface area (Å²) in [6, 6.07) is 3.54. The number of benzene rings is 1. The quantitative estimate of drug-likeness (QED) is 0.776. The highest BCUT2D eigenvalue weighted by Gasteiger charge is 2.13. The smallest absolute Gasteiger partial charge is 0.252 e. The van der Waals surface area contributed by atoms with Gasteiger partial charge in [0.05, 0.1) is 18.3 Å². The first-order valence-corrected chi connectivity index (χ1v) is 6.96. The zero-order valence-electron chi connectivity index (χ0n) is 12.5. The lowest BCUT2D eigenvalue weighted by Gasteiger charge is -2.10. The van der Waals surface area contributed by atoms with E-state index in [0.717, 1.165) is 16.5 Å². The van der Waals surface area contributed by atoms with E-state index in [1.165, 1.54) is 0 Å². The van der Waals surface area contributed by atoms with Crippen molar-refractivity contribution in [3.05, 3.63) is 29.5 Å². The number of amides is 2. The Balaban J connectivity index is 1.99. The normalized spacial score (nSPS) is 10.9. The van der Waals surface area contributed by atoms with E-state index in [2.05, 4.69) is 20.8 Å². The summed E-state index contributed by atoms with van der Waals surface area (Å²) < 4.78 is 0. The minimum absolute atomic E-state index is 0.0194. The van der Waals surface area contributed by atoms with E-state index in [9.17, 15) is 9.59 Å². The number of rotatable bonds is 5. The highest BCUT2D eigenvalue weighted by molar-refractivity contribution is 6.01. The number of aromatic nitrogens is 2. The molecule has 2 aromatic rings. The van der Waals surface area contributed by atoms with Crippen LogP contribution in [-0.2, 0) is 4.79 Å². The molecule has 0 unspecified atom stereocenters. The highest BCUT2D eigenvalue weighted by Crippen LogP contribution is 2.19. The molecule has 6 heteroatoms. The molecule has 1 aromatic heterocycles. The van der Waals surface area contributed by atoms with Crippen molar-refractivity contribution in [1.29, 1.82) is 0 Å². The molecule has 112 valence electrons. The number of carbonyl (C=O) groups is 2. The number of aromatic amines is 1. The number of hydrogen-bond acceptors (Lipinski definition) is 3. The van der Waals surface area contributed by atoms with Crippen LogP contribution in [0.2, 0.25) is 0 Å². The lowest BCUT2D eigenvalue weighted by Crippen LogP contribution is -2.38. The fourth-order valence-electron chi connectivity index (χ4n) is 2.04. The van der Waals surface area contributed by atoms with Gasteiger partial charge in [-0.3, -0.25) is 14.7 Å².